The van der Waals surface area contributed by atoms with Crippen LogP contribution >= 0.6 is 0 Å². The van der Waals surface area contributed by atoms with E-state index in [4.69, 9.17) is 0 Å². The SMILES string of the molecule is CCNC(c1cccnc1)c1ccccc1OC(F)(F)F. The smallest absolute Gasteiger partial charge is 0.405 e. The summed E-state index contributed by atoms with van der Waals surface area (Å²) < 4.78 is 41.7. The van der Waals surface area contributed by atoms with Gasteiger partial charge in [0.25, 0.3) is 0 Å². The van der Waals surface area contributed by atoms with Gasteiger partial charge in [0, 0.05) is 18.0 Å². The Balaban J connectivity index is 2.41. The van der Waals surface area contributed by atoms with Gasteiger partial charge in [-0.2, -0.15) is 0 Å². The fourth-order valence-corrected chi connectivity index (χ4v) is 2.09. The van der Waals surface area contributed by atoms with E-state index in [2.05, 4.69) is 15.0 Å². The van der Waals surface area contributed by atoms with Crippen LogP contribution in [0.5, 0.6) is 5.75 Å². The summed E-state index contributed by atoms with van der Waals surface area (Å²) in [6, 6.07) is 9.25. The van der Waals surface area contributed by atoms with Crippen LogP contribution in [0.15, 0.2) is 48.8 Å². The quantitative estimate of drug-likeness (QED) is 0.914. The largest absolute Gasteiger partial charge is 0.573 e. The van der Waals surface area contributed by atoms with Crippen LogP contribution in [0.3, 0.4) is 0 Å². The number of pyridine rings is 1. The van der Waals surface area contributed by atoms with E-state index in [1.807, 2.05) is 13.0 Å². The van der Waals surface area contributed by atoms with Crippen molar-refractivity contribution in [1.29, 1.82) is 0 Å². The highest BCUT2D eigenvalue weighted by molar-refractivity contribution is 5.41. The van der Waals surface area contributed by atoms with Gasteiger partial charge in [0.05, 0.1) is 6.04 Å². The van der Waals surface area contributed by atoms with Crippen molar-refractivity contribution >= 4 is 0 Å². The Morgan fingerprint density at radius 1 is 1.19 bits per heavy atom. The van der Waals surface area contributed by atoms with E-state index in [-0.39, 0.29) is 5.75 Å². The first kappa shape index (κ1) is 15.3. The van der Waals surface area contributed by atoms with Gasteiger partial charge in [0.2, 0.25) is 0 Å². The maximum Gasteiger partial charge on any atom is 0.573 e. The first-order valence-electron chi connectivity index (χ1n) is 6.49. The van der Waals surface area contributed by atoms with Crippen LogP contribution in [0.25, 0.3) is 0 Å². The topological polar surface area (TPSA) is 34.2 Å². The van der Waals surface area contributed by atoms with Crippen LogP contribution < -0.4 is 10.1 Å². The van der Waals surface area contributed by atoms with Crippen molar-refractivity contribution in [2.75, 3.05) is 6.54 Å². The van der Waals surface area contributed by atoms with Crippen molar-refractivity contribution in [3.63, 3.8) is 0 Å². The summed E-state index contributed by atoms with van der Waals surface area (Å²) in [6.07, 6.45) is -1.48. The van der Waals surface area contributed by atoms with Gasteiger partial charge >= 0.3 is 6.36 Å². The molecule has 0 aliphatic heterocycles. The van der Waals surface area contributed by atoms with Gasteiger partial charge in [0.1, 0.15) is 5.75 Å². The lowest BCUT2D eigenvalue weighted by molar-refractivity contribution is -0.275. The molecule has 1 heterocycles. The van der Waals surface area contributed by atoms with Crippen LogP contribution in [0.4, 0.5) is 13.2 Å². The van der Waals surface area contributed by atoms with Gasteiger partial charge in [-0.05, 0) is 24.2 Å². The molecule has 21 heavy (non-hydrogen) atoms. The number of ether oxygens (including phenoxy) is 1. The predicted molar refractivity (Wildman–Crippen MR) is 72.9 cm³/mol. The van der Waals surface area contributed by atoms with E-state index in [1.165, 1.54) is 12.1 Å². The Hall–Kier alpha value is -2.08. The third kappa shape index (κ3) is 4.19. The molecule has 3 nitrogen and oxygen atoms in total. The summed E-state index contributed by atoms with van der Waals surface area (Å²) in [7, 11) is 0. The highest BCUT2D eigenvalue weighted by Gasteiger charge is 2.33. The van der Waals surface area contributed by atoms with Crippen LogP contribution in [0, 0.1) is 0 Å². The van der Waals surface area contributed by atoms with E-state index >= 15 is 0 Å². The molecule has 2 aromatic rings. The lowest BCUT2D eigenvalue weighted by Gasteiger charge is -2.22. The Bertz CT molecular complexity index is 573. The lowest BCUT2D eigenvalue weighted by Crippen LogP contribution is -2.25. The predicted octanol–water partition coefficient (Wildman–Crippen LogP) is 3.68. The van der Waals surface area contributed by atoms with Crippen molar-refractivity contribution in [3.05, 3.63) is 59.9 Å². The molecule has 1 N–H and O–H groups in total. The van der Waals surface area contributed by atoms with E-state index in [1.54, 1.807) is 30.6 Å². The normalized spacial score (nSPS) is 13.0. The van der Waals surface area contributed by atoms with Gasteiger partial charge < -0.3 is 10.1 Å². The van der Waals surface area contributed by atoms with Crippen molar-refractivity contribution in [3.8, 4) is 5.75 Å². The number of nitrogens with zero attached hydrogens (tertiary/aromatic N) is 1. The Kier molecular flexibility index (Phi) is 4.80. The number of hydrogen-bond donors (Lipinski definition) is 1. The third-order valence-electron chi connectivity index (χ3n) is 2.88. The Morgan fingerprint density at radius 2 is 1.95 bits per heavy atom. The molecule has 0 saturated heterocycles. The van der Waals surface area contributed by atoms with E-state index in [0.717, 1.165) is 5.56 Å². The number of alkyl halides is 3. The molecule has 2 rings (SSSR count). The molecule has 0 radical (unpaired) electrons. The molecule has 0 bridgehead atoms. The highest BCUT2D eigenvalue weighted by atomic mass is 19.4. The lowest BCUT2D eigenvalue weighted by atomic mass is 9.99. The van der Waals surface area contributed by atoms with Gasteiger partial charge in [0.15, 0.2) is 0 Å². The van der Waals surface area contributed by atoms with Crippen molar-refractivity contribution in [2.24, 2.45) is 0 Å². The van der Waals surface area contributed by atoms with Crippen molar-refractivity contribution in [1.82, 2.24) is 10.3 Å². The summed E-state index contributed by atoms with van der Waals surface area (Å²) in [5, 5.41) is 3.15. The molecule has 0 fully saturated rings. The molecule has 0 amide bonds. The van der Waals surface area contributed by atoms with Crippen LogP contribution in [0.2, 0.25) is 0 Å². The molecule has 0 aliphatic rings. The number of nitrogens with one attached hydrogen (secondary N) is 1. The summed E-state index contributed by atoms with van der Waals surface area (Å²) >= 11 is 0. The highest BCUT2D eigenvalue weighted by Crippen LogP contribution is 2.33. The molecule has 0 spiro atoms. The zero-order valence-corrected chi connectivity index (χ0v) is 11.4. The average Bonchev–Trinajstić information content (AvgIpc) is 2.45. The Labute approximate surface area is 120 Å². The summed E-state index contributed by atoms with van der Waals surface area (Å²) in [4.78, 5) is 4.01. The second kappa shape index (κ2) is 6.58. The Morgan fingerprint density at radius 3 is 2.57 bits per heavy atom. The molecule has 112 valence electrons. The monoisotopic (exact) mass is 296 g/mol. The molecule has 1 atom stereocenters. The maximum atomic E-state index is 12.5. The molecule has 1 aromatic carbocycles. The molecule has 1 unspecified atom stereocenters. The minimum Gasteiger partial charge on any atom is -0.405 e. The summed E-state index contributed by atoms with van der Waals surface area (Å²) in [5.74, 6) is -0.209. The second-order valence-electron chi connectivity index (χ2n) is 4.36. The standard InChI is InChI=1S/C15H15F3N2O/c1-2-20-14(11-6-5-9-19-10-11)12-7-3-4-8-13(12)21-15(16,17)18/h3-10,14,20H,2H2,1H3. The number of hydrogen-bond acceptors (Lipinski definition) is 3. The summed E-state index contributed by atoms with van der Waals surface area (Å²) in [6.45, 7) is 2.48. The van der Waals surface area contributed by atoms with E-state index in [0.29, 0.717) is 12.1 Å². The van der Waals surface area contributed by atoms with Gasteiger partial charge in [-0.1, -0.05) is 31.2 Å². The zero-order chi connectivity index (χ0) is 15.3. The minimum atomic E-state index is -4.72. The van der Waals surface area contributed by atoms with Gasteiger partial charge in [-0.3, -0.25) is 4.98 Å². The molecule has 6 heteroatoms. The molecular weight excluding hydrogens is 281 g/mol. The fourth-order valence-electron chi connectivity index (χ4n) is 2.09. The first-order chi connectivity index (χ1) is 10.0. The van der Waals surface area contributed by atoms with Crippen LogP contribution in [-0.2, 0) is 0 Å². The number of para-hydroxylation sites is 1. The molecule has 1 aromatic heterocycles. The average molecular weight is 296 g/mol. The molecule has 0 saturated carbocycles. The number of halogens is 3. The third-order valence-corrected chi connectivity index (χ3v) is 2.88. The zero-order valence-electron chi connectivity index (χ0n) is 11.4. The second-order valence-corrected chi connectivity index (χ2v) is 4.36. The summed E-state index contributed by atoms with van der Waals surface area (Å²) in [5.41, 5.74) is 1.20. The molecule has 0 aliphatic carbocycles. The van der Waals surface area contributed by atoms with Crippen LogP contribution in [-0.4, -0.2) is 17.9 Å². The minimum absolute atomic E-state index is 0.209. The number of aromatic nitrogens is 1. The van der Waals surface area contributed by atoms with E-state index in [9.17, 15) is 13.2 Å². The number of rotatable bonds is 5. The van der Waals surface area contributed by atoms with E-state index < -0.39 is 12.4 Å². The maximum absolute atomic E-state index is 12.5. The number of benzene rings is 1. The van der Waals surface area contributed by atoms with Gasteiger partial charge in [-0.25, -0.2) is 0 Å². The molecular formula is C15H15F3N2O. The fraction of sp³-hybridized carbons (Fsp3) is 0.267. The van der Waals surface area contributed by atoms with Gasteiger partial charge in [-0.15, -0.1) is 13.2 Å². The van der Waals surface area contributed by atoms with Crippen molar-refractivity contribution < 1.29 is 17.9 Å². The first-order valence-corrected chi connectivity index (χ1v) is 6.49. The van der Waals surface area contributed by atoms with Crippen LogP contribution in [0.1, 0.15) is 24.1 Å². The van der Waals surface area contributed by atoms with Crippen molar-refractivity contribution in [2.45, 2.75) is 19.3 Å².